The predicted molar refractivity (Wildman–Crippen MR) is 85.0 cm³/mol. The third kappa shape index (κ3) is 5.63. The van der Waals surface area contributed by atoms with Gasteiger partial charge in [0.15, 0.2) is 5.79 Å². The number of alkyl halides is 1. The molecule has 1 saturated heterocycles. The summed E-state index contributed by atoms with van der Waals surface area (Å²) in [6, 6.07) is 0. The van der Waals surface area contributed by atoms with Gasteiger partial charge in [-0.2, -0.15) is 0 Å². The molecule has 0 saturated carbocycles. The van der Waals surface area contributed by atoms with Gasteiger partial charge in [0.05, 0.1) is 6.10 Å². The zero-order chi connectivity index (χ0) is 15.9. The molecule has 4 atom stereocenters. The van der Waals surface area contributed by atoms with Gasteiger partial charge in [-0.3, -0.25) is 0 Å². The summed E-state index contributed by atoms with van der Waals surface area (Å²) in [7, 11) is 3.11. The number of rotatable bonds is 9. The summed E-state index contributed by atoms with van der Waals surface area (Å²) in [4.78, 5) is 0. The minimum Gasteiger partial charge on any atom is -0.359 e. The smallest absolute Gasteiger partial charge is 0.164 e. The van der Waals surface area contributed by atoms with Gasteiger partial charge in [0.2, 0.25) is 0 Å². The number of halogens is 1. The maximum atomic E-state index is 5.95. The summed E-state index contributed by atoms with van der Waals surface area (Å²) < 4.78 is 33.6. The molecule has 1 fully saturated rings. The number of methoxy groups -OCH3 is 2. The lowest BCUT2D eigenvalue weighted by atomic mass is 10.0. The lowest BCUT2D eigenvalue weighted by Gasteiger charge is -2.27. The normalized spacial score (nSPS) is 27.2. The quantitative estimate of drug-likeness (QED) is 0.247. The molecule has 0 N–H and O–H groups in total. The summed E-state index contributed by atoms with van der Waals surface area (Å²) in [6.45, 7) is 3.95. The Labute approximate surface area is 139 Å². The van der Waals surface area contributed by atoms with Gasteiger partial charge in [-0.25, -0.2) is 0 Å². The molecular formula is C14H23IO6. The van der Waals surface area contributed by atoms with Crippen molar-refractivity contribution < 1.29 is 28.4 Å². The molecule has 7 heteroatoms. The van der Waals surface area contributed by atoms with Gasteiger partial charge >= 0.3 is 0 Å². The fourth-order valence-electron chi connectivity index (χ4n) is 2.10. The minimum absolute atomic E-state index is 0.0930. The molecule has 0 radical (unpaired) electrons. The Bertz CT molecular complexity index is 343. The van der Waals surface area contributed by atoms with E-state index in [9.17, 15) is 0 Å². The molecule has 0 aromatic carbocycles. The van der Waals surface area contributed by atoms with Crippen LogP contribution in [0.2, 0.25) is 0 Å². The molecule has 0 aliphatic carbocycles. The summed E-state index contributed by atoms with van der Waals surface area (Å²) in [5.74, 6) is 1.84. The third-order valence-electron chi connectivity index (χ3n) is 2.91. The van der Waals surface area contributed by atoms with E-state index in [-0.39, 0.29) is 25.8 Å². The van der Waals surface area contributed by atoms with Gasteiger partial charge in [0.1, 0.15) is 31.9 Å². The van der Waals surface area contributed by atoms with Gasteiger partial charge in [0.25, 0.3) is 0 Å². The van der Waals surface area contributed by atoms with E-state index in [1.165, 1.54) is 7.11 Å². The van der Waals surface area contributed by atoms with Gasteiger partial charge in [-0.05, 0) is 13.8 Å². The second kappa shape index (κ2) is 9.25. The van der Waals surface area contributed by atoms with Crippen LogP contribution in [0.3, 0.4) is 0 Å². The maximum absolute atomic E-state index is 5.95. The van der Waals surface area contributed by atoms with Gasteiger partial charge < -0.3 is 28.4 Å². The van der Waals surface area contributed by atoms with Crippen LogP contribution >= 0.6 is 22.6 Å². The monoisotopic (exact) mass is 414 g/mol. The van der Waals surface area contributed by atoms with Crippen molar-refractivity contribution in [2.24, 2.45) is 0 Å². The van der Waals surface area contributed by atoms with Crippen molar-refractivity contribution in [3.8, 4) is 12.3 Å². The average Bonchev–Trinajstić information content (AvgIpc) is 2.77. The molecule has 0 aromatic heterocycles. The van der Waals surface area contributed by atoms with Crippen LogP contribution in [0.15, 0.2) is 0 Å². The number of ether oxygens (including phenoxy) is 6. The third-order valence-corrected chi connectivity index (χ3v) is 3.78. The minimum atomic E-state index is -0.749. The maximum Gasteiger partial charge on any atom is 0.164 e. The van der Waals surface area contributed by atoms with Crippen LogP contribution in [-0.4, -0.2) is 62.4 Å². The molecule has 1 heterocycles. The second-order valence-corrected chi connectivity index (χ2v) is 5.87. The van der Waals surface area contributed by atoms with E-state index in [4.69, 9.17) is 34.8 Å². The van der Waals surface area contributed by atoms with Crippen molar-refractivity contribution in [2.75, 3.05) is 32.2 Å². The Kier molecular flexibility index (Phi) is 8.41. The first-order chi connectivity index (χ1) is 9.99. The SMILES string of the molecule is C#CC(OCOC)[C@@H]1OC(C)(C)O[C@@H]1[C@@H](CI)OCOC. The summed E-state index contributed by atoms with van der Waals surface area (Å²) in [6.07, 6.45) is 3.99. The second-order valence-electron chi connectivity index (χ2n) is 4.99. The topological polar surface area (TPSA) is 55.4 Å². The van der Waals surface area contributed by atoms with E-state index in [2.05, 4.69) is 28.5 Å². The van der Waals surface area contributed by atoms with Gasteiger partial charge in [0, 0.05) is 18.6 Å². The van der Waals surface area contributed by atoms with E-state index < -0.39 is 18.0 Å². The first kappa shape index (κ1) is 19.1. The summed E-state index contributed by atoms with van der Waals surface area (Å²) in [5, 5.41) is 0. The highest BCUT2D eigenvalue weighted by molar-refractivity contribution is 14.1. The fraction of sp³-hybridized carbons (Fsp3) is 0.857. The number of terminal acetylenes is 1. The first-order valence-electron chi connectivity index (χ1n) is 6.58. The molecule has 1 aliphatic heterocycles. The number of hydrogen-bond acceptors (Lipinski definition) is 6. The Morgan fingerprint density at radius 2 is 1.71 bits per heavy atom. The lowest BCUT2D eigenvalue weighted by Crippen LogP contribution is -2.45. The molecule has 1 rings (SSSR count). The van der Waals surface area contributed by atoms with Crippen molar-refractivity contribution in [2.45, 2.75) is 44.1 Å². The molecule has 6 nitrogen and oxygen atoms in total. The van der Waals surface area contributed by atoms with Crippen LogP contribution in [0.1, 0.15) is 13.8 Å². The molecule has 21 heavy (non-hydrogen) atoms. The van der Waals surface area contributed by atoms with E-state index in [0.717, 1.165) is 0 Å². The predicted octanol–water partition coefficient (Wildman–Crippen LogP) is 1.55. The van der Waals surface area contributed by atoms with Gasteiger partial charge in [-0.1, -0.05) is 28.5 Å². The standard InChI is InChI=1S/C14H23IO6/c1-6-10(18-8-16-4)12-13(21-14(2,3)20-12)11(7-15)19-9-17-5/h1,10-13H,7-9H2,2-5H3/t10?,11-,12+,13-/m1/s1. The zero-order valence-electron chi connectivity index (χ0n) is 12.8. The molecule has 122 valence electrons. The average molecular weight is 414 g/mol. The van der Waals surface area contributed by atoms with E-state index >= 15 is 0 Å². The van der Waals surface area contributed by atoms with Crippen molar-refractivity contribution in [3.05, 3.63) is 0 Å². The Morgan fingerprint density at radius 3 is 2.24 bits per heavy atom. The first-order valence-corrected chi connectivity index (χ1v) is 8.10. The Morgan fingerprint density at radius 1 is 1.14 bits per heavy atom. The van der Waals surface area contributed by atoms with E-state index in [0.29, 0.717) is 4.43 Å². The van der Waals surface area contributed by atoms with Crippen LogP contribution in [0.25, 0.3) is 0 Å². The summed E-state index contributed by atoms with van der Waals surface area (Å²) in [5.41, 5.74) is 0. The van der Waals surface area contributed by atoms with Crippen LogP contribution < -0.4 is 0 Å². The van der Waals surface area contributed by atoms with Crippen LogP contribution in [-0.2, 0) is 28.4 Å². The molecular weight excluding hydrogens is 391 g/mol. The lowest BCUT2D eigenvalue weighted by molar-refractivity contribution is -0.170. The highest BCUT2D eigenvalue weighted by atomic mass is 127. The van der Waals surface area contributed by atoms with E-state index in [1.54, 1.807) is 7.11 Å². The van der Waals surface area contributed by atoms with Crippen molar-refractivity contribution in [3.63, 3.8) is 0 Å². The molecule has 0 spiro atoms. The molecule has 1 aliphatic rings. The molecule has 1 unspecified atom stereocenters. The van der Waals surface area contributed by atoms with Crippen molar-refractivity contribution in [1.82, 2.24) is 0 Å². The van der Waals surface area contributed by atoms with E-state index in [1.807, 2.05) is 13.8 Å². The largest absolute Gasteiger partial charge is 0.359 e. The van der Waals surface area contributed by atoms with Crippen LogP contribution in [0, 0.1) is 12.3 Å². The fourth-order valence-corrected chi connectivity index (χ4v) is 2.86. The Hall–Kier alpha value is 0.0500. The number of hydrogen-bond donors (Lipinski definition) is 0. The highest BCUT2D eigenvalue weighted by Crippen LogP contribution is 2.34. The van der Waals surface area contributed by atoms with Gasteiger partial charge in [-0.15, -0.1) is 6.42 Å². The molecule has 0 bridgehead atoms. The van der Waals surface area contributed by atoms with Crippen LogP contribution in [0.4, 0.5) is 0 Å². The zero-order valence-corrected chi connectivity index (χ0v) is 15.0. The van der Waals surface area contributed by atoms with Crippen molar-refractivity contribution >= 4 is 22.6 Å². The Balaban J connectivity index is 2.83. The van der Waals surface area contributed by atoms with Crippen molar-refractivity contribution in [1.29, 1.82) is 0 Å². The molecule has 0 aromatic rings. The molecule has 0 amide bonds. The highest BCUT2D eigenvalue weighted by Gasteiger charge is 2.48. The summed E-state index contributed by atoms with van der Waals surface area (Å²) >= 11 is 2.23. The van der Waals surface area contributed by atoms with Crippen LogP contribution in [0.5, 0.6) is 0 Å².